The number of Topliss-reactive ketones (excluding diaryl/α,β-unsaturated/α-hetero) is 1. The van der Waals surface area contributed by atoms with E-state index < -0.39 is 36.4 Å². The molecule has 0 spiro atoms. The summed E-state index contributed by atoms with van der Waals surface area (Å²) in [4.78, 5) is 27.7. The van der Waals surface area contributed by atoms with Gasteiger partial charge in [-0.25, -0.2) is 4.90 Å². The second kappa shape index (κ2) is 14.2. The van der Waals surface area contributed by atoms with Crippen LogP contribution in [0.5, 0.6) is 0 Å². The molecule has 0 bridgehead atoms. The van der Waals surface area contributed by atoms with Crippen molar-refractivity contribution in [3.63, 3.8) is 0 Å². The molecule has 8 heteroatoms. The number of hydrogen-bond acceptors (Lipinski definition) is 8. The van der Waals surface area contributed by atoms with Gasteiger partial charge in [-0.05, 0) is 51.0 Å². The standard InChI is InChI=1S/C31H49NO7/c1-8-21(4)31(6)28(39-31)25-27(24(9-2)37-29(34)22(5)26(33)20(3)19-36-7)38-30(35)32(25)18-14-13-17-23-15-11-10-12-16-23/h10-12,15-16,20-22,24-25,27-28,30,35H,8-9,13-14,17-19H2,1-7H3/t20-,21-,22?,24-,25?,27?,28?,30?,31+/m1/s1. The van der Waals surface area contributed by atoms with Crippen LogP contribution in [0, 0.1) is 17.8 Å². The summed E-state index contributed by atoms with van der Waals surface area (Å²) in [7, 11) is 1.53. The molecule has 0 amide bonds. The molecule has 220 valence electrons. The Balaban J connectivity index is 1.73. The molecule has 5 unspecified atom stereocenters. The molecule has 0 aromatic heterocycles. The number of epoxide rings is 1. The summed E-state index contributed by atoms with van der Waals surface area (Å²) in [5.41, 5.74) is 0.954. The van der Waals surface area contributed by atoms with E-state index in [2.05, 4.69) is 32.9 Å². The average molecular weight is 548 g/mol. The third-order valence-electron chi connectivity index (χ3n) is 8.77. The maximum atomic E-state index is 13.1. The van der Waals surface area contributed by atoms with Crippen LogP contribution in [0.15, 0.2) is 30.3 Å². The largest absolute Gasteiger partial charge is 0.459 e. The van der Waals surface area contributed by atoms with Gasteiger partial charge in [0.25, 0.3) is 0 Å². The van der Waals surface area contributed by atoms with Crippen LogP contribution in [0.25, 0.3) is 0 Å². The number of ketones is 1. The molecule has 1 N–H and O–H groups in total. The summed E-state index contributed by atoms with van der Waals surface area (Å²) in [6.07, 6.45) is 1.82. The lowest BCUT2D eigenvalue weighted by molar-refractivity contribution is -0.181. The first kappa shape index (κ1) is 31.7. The second-order valence-electron chi connectivity index (χ2n) is 11.5. The van der Waals surface area contributed by atoms with Crippen LogP contribution in [0.1, 0.15) is 72.8 Å². The topological polar surface area (TPSA) is 97.8 Å². The number of nitrogens with zero attached hydrogens (tertiary/aromatic N) is 1. The number of rotatable bonds is 16. The molecule has 1 aromatic carbocycles. The third kappa shape index (κ3) is 7.47. The molecule has 8 nitrogen and oxygen atoms in total. The van der Waals surface area contributed by atoms with Crippen LogP contribution >= 0.6 is 0 Å². The summed E-state index contributed by atoms with van der Waals surface area (Å²) in [5, 5.41) is 11.0. The highest BCUT2D eigenvalue weighted by atomic mass is 16.7. The second-order valence-corrected chi connectivity index (χ2v) is 11.5. The van der Waals surface area contributed by atoms with E-state index in [0.29, 0.717) is 18.9 Å². The van der Waals surface area contributed by atoms with E-state index in [1.54, 1.807) is 13.8 Å². The summed E-state index contributed by atoms with van der Waals surface area (Å²) in [6, 6.07) is 10.1. The van der Waals surface area contributed by atoms with E-state index in [9.17, 15) is 14.7 Å². The molecule has 2 aliphatic heterocycles. The molecule has 2 heterocycles. The first-order valence-electron chi connectivity index (χ1n) is 14.6. The fourth-order valence-corrected chi connectivity index (χ4v) is 5.78. The normalized spacial score (nSPS) is 29.9. The first-order chi connectivity index (χ1) is 18.6. The number of benzene rings is 1. The average Bonchev–Trinajstić information content (AvgIpc) is 3.52. The predicted molar refractivity (Wildman–Crippen MR) is 149 cm³/mol. The maximum Gasteiger partial charge on any atom is 0.316 e. The van der Waals surface area contributed by atoms with Crippen molar-refractivity contribution >= 4 is 11.8 Å². The van der Waals surface area contributed by atoms with Crippen molar-refractivity contribution in [2.24, 2.45) is 17.8 Å². The van der Waals surface area contributed by atoms with Gasteiger partial charge in [0.1, 0.15) is 24.2 Å². The minimum absolute atomic E-state index is 0.155. The molecular formula is C31H49NO7. The Bertz CT molecular complexity index is 927. The zero-order valence-corrected chi connectivity index (χ0v) is 24.8. The van der Waals surface area contributed by atoms with E-state index >= 15 is 0 Å². The van der Waals surface area contributed by atoms with E-state index in [4.69, 9.17) is 18.9 Å². The highest BCUT2D eigenvalue weighted by Gasteiger charge is 2.65. The predicted octanol–water partition coefficient (Wildman–Crippen LogP) is 4.37. The van der Waals surface area contributed by atoms with E-state index in [0.717, 1.165) is 25.7 Å². The molecule has 39 heavy (non-hydrogen) atoms. The van der Waals surface area contributed by atoms with Crippen molar-refractivity contribution in [3.05, 3.63) is 35.9 Å². The molecule has 9 atom stereocenters. The maximum absolute atomic E-state index is 13.1. The van der Waals surface area contributed by atoms with Gasteiger partial charge in [0.2, 0.25) is 6.41 Å². The van der Waals surface area contributed by atoms with Crippen molar-refractivity contribution in [1.29, 1.82) is 0 Å². The van der Waals surface area contributed by atoms with Crippen LogP contribution in [-0.4, -0.2) is 78.4 Å². The number of carbonyl (C=O) groups excluding carboxylic acids is 2. The fraction of sp³-hybridized carbons (Fsp3) is 0.742. The quantitative estimate of drug-likeness (QED) is 0.141. The molecule has 0 saturated carbocycles. The number of methoxy groups -OCH3 is 1. The van der Waals surface area contributed by atoms with E-state index in [1.165, 1.54) is 12.7 Å². The van der Waals surface area contributed by atoms with Crippen molar-refractivity contribution in [1.82, 2.24) is 4.90 Å². The van der Waals surface area contributed by atoms with Crippen molar-refractivity contribution < 1.29 is 33.6 Å². The van der Waals surface area contributed by atoms with Gasteiger partial charge in [0.15, 0.2) is 5.78 Å². The number of ether oxygens (including phenoxy) is 4. The minimum atomic E-state index is -1.12. The summed E-state index contributed by atoms with van der Waals surface area (Å²) < 4.78 is 23.4. The van der Waals surface area contributed by atoms with Crippen molar-refractivity contribution in [2.45, 2.75) is 110 Å². The first-order valence-corrected chi connectivity index (χ1v) is 14.6. The SMILES string of the molecule is CC[C@@H](C)[C@]1(C)OC1C1C([C@@H](CC)OC(=O)C(C)C(=O)[C@H](C)COC)OC(O)N1CCCCc1ccccc1. The van der Waals surface area contributed by atoms with Crippen LogP contribution in [0.2, 0.25) is 0 Å². The van der Waals surface area contributed by atoms with E-state index in [-0.39, 0.29) is 30.1 Å². The monoisotopic (exact) mass is 547 g/mol. The lowest BCUT2D eigenvalue weighted by Crippen LogP contribution is -2.50. The highest BCUT2D eigenvalue weighted by Crippen LogP contribution is 2.50. The molecule has 3 rings (SSSR count). The van der Waals surface area contributed by atoms with Crippen molar-refractivity contribution in [2.75, 3.05) is 20.3 Å². The molecule has 2 aliphatic rings. The lowest BCUT2D eigenvalue weighted by Gasteiger charge is -2.31. The Morgan fingerprint density at radius 2 is 1.79 bits per heavy atom. The molecule has 0 aliphatic carbocycles. The summed E-state index contributed by atoms with van der Waals surface area (Å²) in [5.74, 6) is -1.78. The van der Waals surface area contributed by atoms with Gasteiger partial charge in [-0.3, -0.25) is 9.59 Å². The molecule has 2 fully saturated rings. The Morgan fingerprint density at radius 1 is 1.10 bits per heavy atom. The van der Waals surface area contributed by atoms with Gasteiger partial charge in [0, 0.05) is 19.6 Å². The fourth-order valence-electron chi connectivity index (χ4n) is 5.78. The van der Waals surface area contributed by atoms with Crippen LogP contribution < -0.4 is 0 Å². The number of aryl methyl sites for hydroxylation is 1. The number of unbranched alkanes of at least 4 members (excludes halogenated alkanes) is 1. The van der Waals surface area contributed by atoms with E-state index in [1.807, 2.05) is 30.0 Å². The zero-order chi connectivity index (χ0) is 28.7. The number of carbonyl (C=O) groups is 2. The smallest absolute Gasteiger partial charge is 0.316 e. The Kier molecular flexibility index (Phi) is 11.5. The number of esters is 1. The number of hydrogen-bond donors (Lipinski definition) is 1. The number of aliphatic hydroxyl groups excluding tert-OH is 1. The summed E-state index contributed by atoms with van der Waals surface area (Å²) >= 11 is 0. The van der Waals surface area contributed by atoms with Crippen LogP contribution in [-0.2, 0) is 35.0 Å². The molecule has 1 aromatic rings. The zero-order valence-electron chi connectivity index (χ0n) is 24.8. The van der Waals surface area contributed by atoms with Gasteiger partial charge in [-0.2, -0.15) is 0 Å². The van der Waals surface area contributed by atoms with Crippen molar-refractivity contribution in [3.8, 4) is 0 Å². The number of aliphatic hydroxyl groups is 1. The molecule has 0 radical (unpaired) electrons. The van der Waals surface area contributed by atoms with Crippen LogP contribution in [0.4, 0.5) is 0 Å². The van der Waals surface area contributed by atoms with Gasteiger partial charge in [-0.1, -0.05) is 64.4 Å². The van der Waals surface area contributed by atoms with Gasteiger partial charge < -0.3 is 24.1 Å². The lowest BCUT2D eigenvalue weighted by atomic mass is 9.85. The Hall–Kier alpha value is -1.84. The highest BCUT2D eigenvalue weighted by molar-refractivity contribution is 5.99. The third-order valence-corrected chi connectivity index (χ3v) is 8.77. The van der Waals surface area contributed by atoms with Gasteiger partial charge >= 0.3 is 5.97 Å². The van der Waals surface area contributed by atoms with Crippen LogP contribution in [0.3, 0.4) is 0 Å². The van der Waals surface area contributed by atoms with Gasteiger partial charge in [-0.15, -0.1) is 0 Å². The Morgan fingerprint density at radius 3 is 2.41 bits per heavy atom. The Labute approximate surface area is 234 Å². The minimum Gasteiger partial charge on any atom is -0.459 e. The molecule has 2 saturated heterocycles. The van der Waals surface area contributed by atoms with Gasteiger partial charge in [0.05, 0.1) is 18.2 Å². The molecular weight excluding hydrogens is 498 g/mol. The summed E-state index contributed by atoms with van der Waals surface area (Å²) in [6.45, 7) is 12.6.